The third kappa shape index (κ3) is 5.56. The molecule has 34 heavy (non-hydrogen) atoms. The molecule has 8 heteroatoms. The van der Waals surface area contributed by atoms with Crippen LogP contribution in [0.1, 0.15) is 24.5 Å². The van der Waals surface area contributed by atoms with E-state index in [0.29, 0.717) is 29.7 Å². The topological polar surface area (TPSA) is 62.3 Å². The zero-order valence-electron chi connectivity index (χ0n) is 20.0. The Hall–Kier alpha value is -2.97. The van der Waals surface area contributed by atoms with Gasteiger partial charge in [0.1, 0.15) is 0 Å². The van der Waals surface area contributed by atoms with E-state index in [4.69, 9.17) is 9.47 Å². The quantitative estimate of drug-likeness (QED) is 0.510. The lowest BCUT2D eigenvalue weighted by atomic mass is 10.2. The van der Waals surface area contributed by atoms with Crippen molar-refractivity contribution in [3.05, 3.63) is 58.5 Å². The van der Waals surface area contributed by atoms with Crippen LogP contribution in [0.2, 0.25) is 0 Å². The van der Waals surface area contributed by atoms with Crippen LogP contribution in [0.15, 0.2) is 47.4 Å². The zero-order chi connectivity index (χ0) is 24.1. The summed E-state index contributed by atoms with van der Waals surface area (Å²) in [5.74, 6) is 1.02. The molecule has 2 aromatic rings. The van der Waals surface area contributed by atoms with Gasteiger partial charge in [0, 0.05) is 31.9 Å². The van der Waals surface area contributed by atoms with Crippen LogP contribution in [-0.2, 0) is 4.79 Å². The van der Waals surface area contributed by atoms with Crippen LogP contribution < -0.4 is 14.4 Å². The van der Waals surface area contributed by atoms with Crippen molar-refractivity contribution in [1.29, 1.82) is 0 Å². The molecule has 2 saturated heterocycles. The zero-order valence-corrected chi connectivity index (χ0v) is 20.8. The Morgan fingerprint density at radius 2 is 1.74 bits per heavy atom. The molecule has 2 heterocycles. The number of nitrogens with zero attached hydrogens (tertiary/aromatic N) is 3. The highest BCUT2D eigenvalue weighted by atomic mass is 32.2. The molecule has 180 valence electrons. The second kappa shape index (κ2) is 11.0. The lowest BCUT2D eigenvalue weighted by molar-refractivity contribution is -0.124. The number of ether oxygens (including phenoxy) is 2. The fourth-order valence-corrected chi connectivity index (χ4v) is 4.81. The molecule has 0 atom stereocenters. The number of benzene rings is 2. The maximum Gasteiger partial charge on any atom is 0.294 e. The Balaban J connectivity index is 1.37. The first kappa shape index (κ1) is 24.2. The average molecular weight is 482 g/mol. The van der Waals surface area contributed by atoms with Gasteiger partial charge in [0.15, 0.2) is 11.5 Å². The first-order chi connectivity index (χ1) is 16.5. The number of hydrogen-bond acceptors (Lipinski definition) is 7. The Morgan fingerprint density at radius 1 is 1.00 bits per heavy atom. The van der Waals surface area contributed by atoms with Crippen molar-refractivity contribution in [2.45, 2.75) is 20.3 Å². The van der Waals surface area contributed by atoms with Crippen molar-refractivity contribution in [1.82, 2.24) is 9.80 Å². The molecule has 0 spiro atoms. The van der Waals surface area contributed by atoms with E-state index in [1.165, 1.54) is 16.2 Å². The number of imide groups is 1. The molecule has 2 aliphatic rings. The fourth-order valence-electron chi connectivity index (χ4n) is 3.98. The molecule has 7 nitrogen and oxygen atoms in total. The SMILES string of the molecule is CCCOc1ccc(C=C2SC(=O)N(CN3CCN(c4ccc(C)cc4)CC3)C2=O)cc1OC. The highest BCUT2D eigenvalue weighted by Gasteiger charge is 2.36. The minimum atomic E-state index is -0.249. The molecule has 2 fully saturated rings. The summed E-state index contributed by atoms with van der Waals surface area (Å²) in [7, 11) is 1.59. The second-order valence-electron chi connectivity index (χ2n) is 8.45. The molecule has 0 bridgehead atoms. The molecule has 0 unspecified atom stereocenters. The highest BCUT2D eigenvalue weighted by molar-refractivity contribution is 8.18. The molecule has 2 aliphatic heterocycles. The number of carbonyl (C=O) groups is 2. The summed E-state index contributed by atoms with van der Waals surface area (Å²) in [4.78, 5) is 31.9. The maximum absolute atomic E-state index is 13.0. The monoisotopic (exact) mass is 481 g/mol. The van der Waals surface area contributed by atoms with Crippen LogP contribution in [0.5, 0.6) is 11.5 Å². The number of hydrogen-bond donors (Lipinski definition) is 0. The van der Waals surface area contributed by atoms with E-state index < -0.39 is 0 Å². The van der Waals surface area contributed by atoms with Gasteiger partial charge < -0.3 is 14.4 Å². The van der Waals surface area contributed by atoms with Gasteiger partial charge >= 0.3 is 0 Å². The van der Waals surface area contributed by atoms with E-state index in [1.807, 2.05) is 25.1 Å². The molecule has 4 rings (SSSR count). The highest BCUT2D eigenvalue weighted by Crippen LogP contribution is 2.35. The van der Waals surface area contributed by atoms with E-state index in [2.05, 4.69) is 41.0 Å². The summed E-state index contributed by atoms with van der Waals surface area (Å²) >= 11 is 0.985. The minimum absolute atomic E-state index is 0.230. The summed E-state index contributed by atoms with van der Waals surface area (Å²) < 4.78 is 11.1. The molecule has 0 N–H and O–H groups in total. The van der Waals surface area contributed by atoms with Crippen molar-refractivity contribution < 1.29 is 19.1 Å². The van der Waals surface area contributed by atoms with Crippen molar-refractivity contribution in [2.75, 3.05) is 51.5 Å². The Morgan fingerprint density at radius 3 is 2.41 bits per heavy atom. The van der Waals surface area contributed by atoms with Crippen LogP contribution in [0.25, 0.3) is 6.08 Å². The summed E-state index contributed by atoms with van der Waals surface area (Å²) in [5, 5.41) is -0.230. The van der Waals surface area contributed by atoms with Crippen molar-refractivity contribution in [3.8, 4) is 11.5 Å². The predicted molar refractivity (Wildman–Crippen MR) is 136 cm³/mol. The van der Waals surface area contributed by atoms with Gasteiger partial charge in [0.2, 0.25) is 0 Å². The van der Waals surface area contributed by atoms with Gasteiger partial charge in [-0.05, 0) is 61.0 Å². The van der Waals surface area contributed by atoms with E-state index in [9.17, 15) is 9.59 Å². The Labute approximate surface area is 205 Å². The van der Waals surface area contributed by atoms with E-state index in [0.717, 1.165) is 49.9 Å². The molecule has 0 radical (unpaired) electrons. The van der Waals surface area contributed by atoms with Crippen molar-refractivity contribution in [2.24, 2.45) is 0 Å². The summed E-state index contributed by atoms with van der Waals surface area (Å²) in [6.45, 7) is 8.37. The van der Waals surface area contributed by atoms with Gasteiger partial charge in [-0.3, -0.25) is 19.4 Å². The van der Waals surface area contributed by atoms with Gasteiger partial charge in [-0.25, -0.2) is 0 Å². The van der Waals surface area contributed by atoms with Gasteiger partial charge in [0.05, 0.1) is 25.3 Å². The molecular weight excluding hydrogens is 450 g/mol. The lowest BCUT2D eigenvalue weighted by Gasteiger charge is -2.37. The molecule has 2 amide bonds. The number of piperazine rings is 1. The minimum Gasteiger partial charge on any atom is -0.493 e. The maximum atomic E-state index is 13.0. The molecule has 2 aromatic carbocycles. The van der Waals surface area contributed by atoms with E-state index in [1.54, 1.807) is 13.2 Å². The number of amides is 2. The number of aryl methyl sites for hydroxylation is 1. The van der Waals surface area contributed by atoms with E-state index >= 15 is 0 Å². The number of thioether (sulfide) groups is 1. The van der Waals surface area contributed by atoms with Gasteiger partial charge in [-0.1, -0.05) is 30.7 Å². The largest absolute Gasteiger partial charge is 0.493 e. The standard InChI is InChI=1S/C26H31N3O4S/c1-4-15-33-22-10-7-20(16-23(22)32-3)17-24-25(30)29(26(31)34-24)18-27-11-13-28(14-12-27)21-8-5-19(2)6-9-21/h5-10,16-17H,4,11-15,18H2,1-3H3. The summed E-state index contributed by atoms with van der Waals surface area (Å²) in [6, 6.07) is 14.0. The van der Waals surface area contributed by atoms with Gasteiger partial charge in [-0.15, -0.1) is 0 Å². The molecule has 0 saturated carbocycles. The third-order valence-electron chi connectivity index (χ3n) is 5.93. The summed E-state index contributed by atoms with van der Waals surface area (Å²) in [5.41, 5.74) is 3.24. The number of rotatable bonds is 8. The van der Waals surface area contributed by atoms with E-state index in [-0.39, 0.29) is 11.1 Å². The van der Waals surface area contributed by atoms with Crippen LogP contribution in [0.4, 0.5) is 10.5 Å². The first-order valence-electron chi connectivity index (χ1n) is 11.6. The van der Waals surface area contributed by atoms with Crippen molar-refractivity contribution >= 4 is 34.7 Å². The van der Waals surface area contributed by atoms with Crippen LogP contribution in [0.3, 0.4) is 0 Å². The first-order valence-corrected chi connectivity index (χ1v) is 12.4. The van der Waals surface area contributed by atoms with Gasteiger partial charge in [0.25, 0.3) is 11.1 Å². The average Bonchev–Trinajstić information content (AvgIpc) is 3.11. The smallest absolute Gasteiger partial charge is 0.294 e. The second-order valence-corrected chi connectivity index (χ2v) is 9.44. The fraction of sp³-hybridized carbons (Fsp3) is 0.385. The predicted octanol–water partition coefficient (Wildman–Crippen LogP) is 4.61. The lowest BCUT2D eigenvalue weighted by Crippen LogP contribution is -2.50. The Kier molecular flexibility index (Phi) is 7.80. The van der Waals surface area contributed by atoms with Crippen LogP contribution in [0, 0.1) is 6.92 Å². The molecule has 0 aliphatic carbocycles. The molecular formula is C26H31N3O4S. The van der Waals surface area contributed by atoms with Gasteiger partial charge in [-0.2, -0.15) is 0 Å². The summed E-state index contributed by atoms with van der Waals surface area (Å²) in [6.07, 6.45) is 2.64. The van der Waals surface area contributed by atoms with Crippen LogP contribution >= 0.6 is 11.8 Å². The number of anilines is 1. The number of carbonyl (C=O) groups excluding carboxylic acids is 2. The number of methoxy groups -OCH3 is 1. The van der Waals surface area contributed by atoms with Crippen molar-refractivity contribution in [3.63, 3.8) is 0 Å². The normalized spacial score (nSPS) is 18.1. The third-order valence-corrected chi connectivity index (χ3v) is 6.84. The molecule has 0 aromatic heterocycles. The Bertz CT molecular complexity index is 1060. The van der Waals surface area contributed by atoms with Crippen LogP contribution in [-0.4, -0.2) is 67.5 Å².